The van der Waals surface area contributed by atoms with Crippen LogP contribution < -0.4 is 0 Å². The fourth-order valence-electron chi connectivity index (χ4n) is 1.71. The second-order valence-corrected chi connectivity index (χ2v) is 4.95. The van der Waals surface area contributed by atoms with Crippen LogP contribution in [0.15, 0.2) is 53.8 Å². The van der Waals surface area contributed by atoms with Gasteiger partial charge in [0, 0.05) is 6.20 Å². The van der Waals surface area contributed by atoms with E-state index in [1.807, 2.05) is 30.3 Å². The van der Waals surface area contributed by atoms with Gasteiger partial charge < -0.3 is 4.98 Å². The van der Waals surface area contributed by atoms with Gasteiger partial charge in [-0.25, -0.2) is 0 Å². The molecule has 2 aromatic heterocycles. The monoisotopic (exact) mass is 285 g/mol. The molecule has 1 N–H and O–H groups in total. The first-order chi connectivity index (χ1) is 9.84. The highest BCUT2D eigenvalue weighted by Crippen LogP contribution is 2.18. The number of Topliss-reactive ketones (excluding diaryl/α,β-unsaturated/α-hetero) is 1. The molecular formula is C13H11N5OS. The van der Waals surface area contributed by atoms with E-state index in [0.717, 1.165) is 5.69 Å². The summed E-state index contributed by atoms with van der Waals surface area (Å²) in [6.07, 6.45) is 1.73. The van der Waals surface area contributed by atoms with Crippen LogP contribution in [-0.2, 0) is 0 Å². The van der Waals surface area contributed by atoms with Crippen LogP contribution in [-0.4, -0.2) is 36.7 Å². The first kappa shape index (κ1) is 12.6. The maximum atomic E-state index is 11.9. The van der Waals surface area contributed by atoms with Gasteiger partial charge in [-0.1, -0.05) is 30.0 Å². The highest BCUT2D eigenvalue weighted by Gasteiger charge is 2.12. The molecule has 0 radical (unpaired) electrons. The summed E-state index contributed by atoms with van der Waals surface area (Å²) in [5.41, 5.74) is 1.46. The molecule has 0 saturated heterocycles. The first-order valence-corrected chi connectivity index (χ1v) is 6.96. The van der Waals surface area contributed by atoms with E-state index in [0.29, 0.717) is 10.9 Å². The molecule has 0 amide bonds. The Morgan fingerprint density at radius 3 is 2.80 bits per heavy atom. The molecule has 0 aliphatic rings. The van der Waals surface area contributed by atoms with Gasteiger partial charge in [-0.15, -0.1) is 5.10 Å². The van der Waals surface area contributed by atoms with Crippen LogP contribution >= 0.6 is 11.8 Å². The molecule has 20 heavy (non-hydrogen) atoms. The summed E-state index contributed by atoms with van der Waals surface area (Å²) in [5.74, 6) is 0.302. The number of para-hydroxylation sites is 1. The molecule has 0 unspecified atom stereocenters. The Morgan fingerprint density at radius 1 is 1.20 bits per heavy atom. The molecule has 3 aromatic rings. The van der Waals surface area contributed by atoms with E-state index >= 15 is 0 Å². The van der Waals surface area contributed by atoms with Crippen molar-refractivity contribution in [2.24, 2.45) is 0 Å². The van der Waals surface area contributed by atoms with Gasteiger partial charge in [-0.05, 0) is 34.7 Å². The van der Waals surface area contributed by atoms with E-state index in [2.05, 4.69) is 20.5 Å². The Morgan fingerprint density at radius 2 is 2.05 bits per heavy atom. The zero-order valence-corrected chi connectivity index (χ0v) is 11.2. The van der Waals surface area contributed by atoms with E-state index in [9.17, 15) is 4.79 Å². The van der Waals surface area contributed by atoms with Crippen molar-refractivity contribution in [2.75, 3.05) is 5.75 Å². The number of nitrogens with zero attached hydrogens (tertiary/aromatic N) is 4. The van der Waals surface area contributed by atoms with E-state index in [1.165, 1.54) is 11.8 Å². The number of carbonyl (C=O) groups is 1. The second-order valence-electron chi connectivity index (χ2n) is 4.00. The van der Waals surface area contributed by atoms with Crippen molar-refractivity contribution in [1.82, 2.24) is 25.2 Å². The summed E-state index contributed by atoms with van der Waals surface area (Å²) in [4.78, 5) is 14.8. The molecule has 7 heteroatoms. The molecule has 1 aromatic carbocycles. The van der Waals surface area contributed by atoms with Crippen LogP contribution in [0.5, 0.6) is 0 Å². The van der Waals surface area contributed by atoms with Gasteiger partial charge in [-0.3, -0.25) is 4.79 Å². The summed E-state index contributed by atoms with van der Waals surface area (Å²) < 4.78 is 1.62. The standard InChI is InChI=1S/C13H11N5OS/c19-12(11-7-4-8-14-11)9-20-13-15-16-17-18(13)10-5-2-1-3-6-10/h1-8,14H,9H2. The number of nitrogens with one attached hydrogen (secondary N) is 1. The lowest BCUT2D eigenvalue weighted by molar-refractivity contribution is 0.101. The van der Waals surface area contributed by atoms with Crippen LogP contribution in [0.1, 0.15) is 10.5 Å². The molecule has 0 bridgehead atoms. The van der Waals surface area contributed by atoms with Gasteiger partial charge >= 0.3 is 0 Å². The Kier molecular flexibility index (Phi) is 3.60. The Labute approximate surface area is 119 Å². The topological polar surface area (TPSA) is 76.5 Å². The minimum atomic E-state index is 0.0163. The van der Waals surface area contributed by atoms with Crippen molar-refractivity contribution < 1.29 is 4.79 Å². The van der Waals surface area contributed by atoms with E-state index in [1.54, 1.807) is 23.0 Å². The zero-order valence-electron chi connectivity index (χ0n) is 10.4. The quantitative estimate of drug-likeness (QED) is 0.573. The number of benzene rings is 1. The van der Waals surface area contributed by atoms with E-state index in [4.69, 9.17) is 0 Å². The fourth-order valence-corrected chi connectivity index (χ4v) is 2.49. The summed E-state index contributed by atoms with van der Waals surface area (Å²) >= 11 is 1.31. The van der Waals surface area contributed by atoms with Crippen molar-refractivity contribution in [3.63, 3.8) is 0 Å². The van der Waals surface area contributed by atoms with Gasteiger partial charge in [0.15, 0.2) is 5.78 Å². The van der Waals surface area contributed by atoms with Crippen molar-refractivity contribution in [1.29, 1.82) is 0 Å². The predicted molar refractivity (Wildman–Crippen MR) is 75.0 cm³/mol. The summed E-state index contributed by atoms with van der Waals surface area (Å²) in [7, 11) is 0. The molecular weight excluding hydrogens is 274 g/mol. The summed E-state index contributed by atoms with van der Waals surface area (Å²) in [6.45, 7) is 0. The summed E-state index contributed by atoms with van der Waals surface area (Å²) in [5, 5.41) is 12.1. The second kappa shape index (κ2) is 5.70. The Bertz CT molecular complexity index is 693. The van der Waals surface area contributed by atoms with Crippen LogP contribution in [0.2, 0.25) is 0 Å². The van der Waals surface area contributed by atoms with Crippen molar-refractivity contribution >= 4 is 17.5 Å². The summed E-state index contributed by atoms with van der Waals surface area (Å²) in [6, 6.07) is 13.1. The largest absolute Gasteiger partial charge is 0.359 e. The fraction of sp³-hybridized carbons (Fsp3) is 0.0769. The maximum absolute atomic E-state index is 11.9. The lowest BCUT2D eigenvalue weighted by Gasteiger charge is -2.03. The number of hydrogen-bond acceptors (Lipinski definition) is 5. The van der Waals surface area contributed by atoms with E-state index < -0.39 is 0 Å². The van der Waals surface area contributed by atoms with Crippen molar-refractivity contribution in [2.45, 2.75) is 5.16 Å². The van der Waals surface area contributed by atoms with Gasteiger partial charge in [0.25, 0.3) is 0 Å². The molecule has 0 fully saturated rings. The third-order valence-corrected chi connectivity index (χ3v) is 3.59. The molecule has 6 nitrogen and oxygen atoms in total. The van der Waals surface area contributed by atoms with Gasteiger partial charge in [0.2, 0.25) is 5.16 Å². The third kappa shape index (κ3) is 2.62. The zero-order chi connectivity index (χ0) is 13.8. The average molecular weight is 285 g/mol. The predicted octanol–water partition coefficient (Wildman–Crippen LogP) is 1.97. The first-order valence-electron chi connectivity index (χ1n) is 5.98. The number of hydrogen-bond donors (Lipinski definition) is 1. The lowest BCUT2D eigenvalue weighted by Crippen LogP contribution is -2.05. The maximum Gasteiger partial charge on any atom is 0.214 e. The lowest BCUT2D eigenvalue weighted by atomic mass is 10.3. The minimum absolute atomic E-state index is 0.0163. The molecule has 2 heterocycles. The van der Waals surface area contributed by atoms with Gasteiger partial charge in [-0.2, -0.15) is 4.68 Å². The number of H-pyrrole nitrogens is 1. The molecule has 0 aliphatic carbocycles. The van der Waals surface area contributed by atoms with E-state index in [-0.39, 0.29) is 11.5 Å². The average Bonchev–Trinajstić information content (AvgIpc) is 3.17. The number of rotatable bonds is 5. The van der Waals surface area contributed by atoms with Crippen molar-refractivity contribution in [3.05, 3.63) is 54.4 Å². The molecule has 100 valence electrons. The van der Waals surface area contributed by atoms with Gasteiger partial charge in [0.05, 0.1) is 17.1 Å². The SMILES string of the molecule is O=C(CSc1nnnn1-c1ccccc1)c1ccc[nH]1. The number of ketones is 1. The molecule has 3 rings (SSSR count). The number of carbonyl (C=O) groups excluding carboxylic acids is 1. The van der Waals surface area contributed by atoms with Crippen molar-refractivity contribution in [3.8, 4) is 5.69 Å². The Balaban J connectivity index is 1.73. The number of thioether (sulfide) groups is 1. The normalized spacial score (nSPS) is 10.6. The molecule has 0 spiro atoms. The van der Waals surface area contributed by atoms with Crippen LogP contribution in [0.3, 0.4) is 0 Å². The van der Waals surface area contributed by atoms with Crippen LogP contribution in [0.4, 0.5) is 0 Å². The highest BCUT2D eigenvalue weighted by atomic mass is 32.2. The smallest absolute Gasteiger partial charge is 0.214 e. The van der Waals surface area contributed by atoms with Crippen LogP contribution in [0.25, 0.3) is 5.69 Å². The highest BCUT2D eigenvalue weighted by molar-refractivity contribution is 7.99. The van der Waals surface area contributed by atoms with Gasteiger partial charge in [0.1, 0.15) is 0 Å². The molecule has 0 aliphatic heterocycles. The Hall–Kier alpha value is -2.41. The minimum Gasteiger partial charge on any atom is -0.359 e. The number of aromatic amines is 1. The number of tetrazole rings is 1. The molecule has 0 atom stereocenters. The number of aromatic nitrogens is 5. The molecule has 0 saturated carbocycles. The van der Waals surface area contributed by atoms with Crippen LogP contribution in [0, 0.1) is 0 Å². The third-order valence-electron chi connectivity index (χ3n) is 2.67.